The van der Waals surface area contributed by atoms with Gasteiger partial charge in [0.15, 0.2) is 6.10 Å². The molecule has 158 valence electrons. The minimum Gasteiger partial charge on any atom is -0.479 e. The summed E-state index contributed by atoms with van der Waals surface area (Å²) in [6, 6.07) is 11.6. The fourth-order valence-electron chi connectivity index (χ4n) is 3.28. The molecule has 0 unspecified atom stereocenters. The number of rotatable bonds is 6. The Labute approximate surface area is 176 Å². The van der Waals surface area contributed by atoms with Crippen LogP contribution in [0.4, 0.5) is 11.4 Å². The molecule has 30 heavy (non-hydrogen) atoms. The van der Waals surface area contributed by atoms with Crippen LogP contribution in [-0.4, -0.2) is 29.9 Å². The number of ether oxygens (including phenoxy) is 1. The number of amides is 3. The molecular formula is C23H27N3O4. The Morgan fingerprint density at radius 3 is 2.60 bits per heavy atom. The summed E-state index contributed by atoms with van der Waals surface area (Å²) in [5.41, 5.74) is 2.40. The van der Waals surface area contributed by atoms with Crippen molar-refractivity contribution in [1.29, 1.82) is 0 Å². The molecule has 0 aliphatic carbocycles. The summed E-state index contributed by atoms with van der Waals surface area (Å²) in [7, 11) is 0. The Hall–Kier alpha value is -3.35. The first kappa shape index (κ1) is 21.4. The fraction of sp³-hybridized carbons (Fsp3) is 0.348. The standard InChI is InChI=1S/C23H27N3O4/c1-13(2)11-19(26-22(28)17-8-6-5-7-14(17)3)23(29)24-16-9-10-20-18(12-16)25-21(27)15(4)30-20/h5-10,12-13,15,19H,11H2,1-4H3,(H,24,29)(H,25,27)(H,26,28)/t15-,19+/m0/s1. The number of benzene rings is 2. The van der Waals surface area contributed by atoms with Crippen LogP contribution < -0.4 is 20.7 Å². The summed E-state index contributed by atoms with van der Waals surface area (Å²) < 4.78 is 5.54. The second-order valence-electron chi connectivity index (χ2n) is 7.92. The minimum absolute atomic E-state index is 0.204. The van der Waals surface area contributed by atoms with Gasteiger partial charge in [0.05, 0.1) is 5.69 Å². The third-order valence-electron chi connectivity index (χ3n) is 4.90. The highest BCUT2D eigenvalue weighted by Crippen LogP contribution is 2.32. The quantitative estimate of drug-likeness (QED) is 0.680. The molecule has 3 N–H and O–H groups in total. The molecule has 2 aromatic carbocycles. The molecule has 3 amide bonds. The molecular weight excluding hydrogens is 382 g/mol. The van der Waals surface area contributed by atoms with Crippen LogP contribution >= 0.6 is 0 Å². The first-order valence-corrected chi connectivity index (χ1v) is 10.0. The largest absolute Gasteiger partial charge is 0.479 e. The molecule has 0 spiro atoms. The Kier molecular flexibility index (Phi) is 6.40. The van der Waals surface area contributed by atoms with Crippen molar-refractivity contribution in [3.05, 3.63) is 53.6 Å². The molecule has 1 aliphatic heterocycles. The Balaban J connectivity index is 1.74. The topological polar surface area (TPSA) is 96.5 Å². The van der Waals surface area contributed by atoms with E-state index >= 15 is 0 Å². The molecule has 7 heteroatoms. The van der Waals surface area contributed by atoms with Crippen molar-refractivity contribution in [1.82, 2.24) is 5.32 Å². The van der Waals surface area contributed by atoms with Gasteiger partial charge in [-0.15, -0.1) is 0 Å². The number of carbonyl (C=O) groups excluding carboxylic acids is 3. The number of fused-ring (bicyclic) bond motifs is 1. The van der Waals surface area contributed by atoms with Crippen molar-refractivity contribution in [3.63, 3.8) is 0 Å². The molecule has 2 aromatic rings. The average Bonchev–Trinajstić information content (AvgIpc) is 2.68. The zero-order valence-electron chi connectivity index (χ0n) is 17.6. The lowest BCUT2D eigenvalue weighted by Gasteiger charge is -2.24. The maximum Gasteiger partial charge on any atom is 0.265 e. The highest BCUT2D eigenvalue weighted by molar-refractivity contribution is 6.03. The zero-order chi connectivity index (χ0) is 21.8. The van der Waals surface area contributed by atoms with E-state index in [4.69, 9.17) is 4.74 Å². The van der Waals surface area contributed by atoms with Crippen molar-refractivity contribution >= 4 is 29.1 Å². The van der Waals surface area contributed by atoms with Gasteiger partial charge in [0.2, 0.25) is 5.91 Å². The fourth-order valence-corrected chi connectivity index (χ4v) is 3.28. The predicted molar refractivity (Wildman–Crippen MR) is 116 cm³/mol. The van der Waals surface area contributed by atoms with Gasteiger partial charge in [-0.05, 0) is 56.0 Å². The van der Waals surface area contributed by atoms with Crippen LogP contribution in [0.15, 0.2) is 42.5 Å². The number of carbonyl (C=O) groups is 3. The SMILES string of the molecule is Cc1ccccc1C(=O)N[C@H](CC(C)C)C(=O)Nc1ccc2c(c1)NC(=O)[C@H](C)O2. The molecule has 1 aliphatic rings. The lowest BCUT2D eigenvalue weighted by Crippen LogP contribution is -2.44. The summed E-state index contributed by atoms with van der Waals surface area (Å²) in [5, 5.41) is 8.45. The van der Waals surface area contributed by atoms with E-state index < -0.39 is 12.1 Å². The molecule has 0 saturated heterocycles. The molecule has 0 radical (unpaired) electrons. The summed E-state index contributed by atoms with van der Waals surface area (Å²) in [6.07, 6.45) is -0.0730. The van der Waals surface area contributed by atoms with E-state index in [0.717, 1.165) is 5.56 Å². The van der Waals surface area contributed by atoms with Crippen molar-refractivity contribution < 1.29 is 19.1 Å². The number of hydrogen-bond acceptors (Lipinski definition) is 4. The number of aryl methyl sites for hydroxylation is 1. The smallest absolute Gasteiger partial charge is 0.265 e. The van der Waals surface area contributed by atoms with E-state index in [1.807, 2.05) is 32.9 Å². The number of nitrogens with one attached hydrogen (secondary N) is 3. The zero-order valence-corrected chi connectivity index (χ0v) is 17.6. The highest BCUT2D eigenvalue weighted by Gasteiger charge is 2.26. The van der Waals surface area contributed by atoms with E-state index in [1.165, 1.54) is 0 Å². The van der Waals surface area contributed by atoms with Crippen molar-refractivity contribution in [2.75, 3.05) is 10.6 Å². The molecule has 3 rings (SSSR count). The van der Waals surface area contributed by atoms with Crippen LogP contribution in [0.3, 0.4) is 0 Å². The van der Waals surface area contributed by atoms with E-state index in [9.17, 15) is 14.4 Å². The van der Waals surface area contributed by atoms with Gasteiger partial charge >= 0.3 is 0 Å². The monoisotopic (exact) mass is 409 g/mol. The van der Waals surface area contributed by atoms with Crippen molar-refractivity contribution in [3.8, 4) is 5.75 Å². The van der Waals surface area contributed by atoms with Crippen molar-refractivity contribution in [2.45, 2.75) is 46.3 Å². The van der Waals surface area contributed by atoms with E-state index in [-0.39, 0.29) is 23.6 Å². The molecule has 1 heterocycles. The molecule has 7 nitrogen and oxygen atoms in total. The van der Waals surface area contributed by atoms with Gasteiger partial charge in [-0.2, -0.15) is 0 Å². The minimum atomic E-state index is -0.695. The number of hydrogen-bond donors (Lipinski definition) is 3. The molecule has 0 saturated carbocycles. The second kappa shape index (κ2) is 8.98. The summed E-state index contributed by atoms with van der Waals surface area (Å²) in [6.45, 7) is 7.51. The maximum absolute atomic E-state index is 12.9. The third kappa shape index (κ3) is 4.97. The highest BCUT2D eigenvalue weighted by atomic mass is 16.5. The number of anilines is 2. The molecule has 0 aromatic heterocycles. The molecule has 2 atom stereocenters. The lowest BCUT2D eigenvalue weighted by molar-refractivity contribution is -0.122. The van der Waals surface area contributed by atoms with E-state index in [0.29, 0.717) is 29.1 Å². The van der Waals surface area contributed by atoms with Crippen LogP contribution in [0.25, 0.3) is 0 Å². The van der Waals surface area contributed by atoms with Crippen LogP contribution in [0, 0.1) is 12.8 Å². The maximum atomic E-state index is 12.9. The average molecular weight is 409 g/mol. The summed E-state index contributed by atoms with van der Waals surface area (Å²) in [5.74, 6) is -0.0903. The summed E-state index contributed by atoms with van der Waals surface area (Å²) >= 11 is 0. The third-order valence-corrected chi connectivity index (χ3v) is 4.90. The lowest BCUT2D eigenvalue weighted by atomic mass is 10.0. The summed E-state index contributed by atoms with van der Waals surface area (Å²) in [4.78, 5) is 37.5. The Morgan fingerprint density at radius 1 is 1.17 bits per heavy atom. The predicted octanol–water partition coefficient (Wildman–Crippen LogP) is 3.50. The van der Waals surface area contributed by atoms with Crippen LogP contribution in [0.1, 0.15) is 43.1 Å². The van der Waals surface area contributed by atoms with Gasteiger partial charge in [0.25, 0.3) is 11.8 Å². The normalized spacial score (nSPS) is 16.2. The molecule has 0 fully saturated rings. The van der Waals surface area contributed by atoms with Gasteiger partial charge in [-0.25, -0.2) is 0 Å². The Morgan fingerprint density at radius 2 is 1.90 bits per heavy atom. The van der Waals surface area contributed by atoms with Crippen molar-refractivity contribution in [2.24, 2.45) is 5.92 Å². The van der Waals surface area contributed by atoms with Gasteiger partial charge in [-0.1, -0.05) is 32.0 Å². The Bertz CT molecular complexity index is 971. The van der Waals surface area contributed by atoms with Crippen LogP contribution in [0.5, 0.6) is 5.75 Å². The van der Waals surface area contributed by atoms with Gasteiger partial charge in [0.1, 0.15) is 11.8 Å². The van der Waals surface area contributed by atoms with E-state index in [1.54, 1.807) is 37.3 Å². The first-order chi connectivity index (χ1) is 14.2. The van der Waals surface area contributed by atoms with Crippen LogP contribution in [-0.2, 0) is 9.59 Å². The van der Waals surface area contributed by atoms with Gasteiger partial charge in [0, 0.05) is 11.3 Å². The molecule has 0 bridgehead atoms. The van der Waals surface area contributed by atoms with Crippen LogP contribution in [0.2, 0.25) is 0 Å². The first-order valence-electron chi connectivity index (χ1n) is 10.0. The second-order valence-corrected chi connectivity index (χ2v) is 7.92. The van der Waals surface area contributed by atoms with Gasteiger partial charge in [-0.3, -0.25) is 14.4 Å². The van der Waals surface area contributed by atoms with Gasteiger partial charge < -0.3 is 20.7 Å². The van der Waals surface area contributed by atoms with E-state index in [2.05, 4.69) is 16.0 Å².